The minimum Gasteiger partial charge on any atom is -0.489 e. The van der Waals surface area contributed by atoms with Gasteiger partial charge in [0, 0.05) is 10.6 Å². The number of aromatic nitrogens is 2. The van der Waals surface area contributed by atoms with Crippen molar-refractivity contribution in [3.8, 4) is 23.3 Å². The third-order valence-electron chi connectivity index (χ3n) is 4.31. The average Bonchev–Trinajstić information content (AvgIpc) is 3.28. The zero-order chi connectivity index (χ0) is 20.8. The van der Waals surface area contributed by atoms with E-state index in [1.807, 2.05) is 66.7 Å². The molecule has 0 spiro atoms. The van der Waals surface area contributed by atoms with Gasteiger partial charge in [-0.3, -0.25) is 0 Å². The van der Waals surface area contributed by atoms with Crippen LogP contribution in [-0.4, -0.2) is 10.2 Å². The number of nitrogens with zero attached hydrogens (tertiary/aromatic N) is 3. The zero-order valence-corrected chi connectivity index (χ0v) is 16.6. The first-order valence-electron chi connectivity index (χ1n) is 9.20. The largest absolute Gasteiger partial charge is 0.489 e. The second-order valence-electron chi connectivity index (χ2n) is 6.43. The fraction of sp³-hybridized carbons (Fsp3) is 0.0417. The summed E-state index contributed by atoms with van der Waals surface area (Å²) in [4.78, 5) is 0. The molecule has 3 aromatic carbocycles. The van der Waals surface area contributed by atoms with Crippen LogP contribution in [0.5, 0.6) is 5.75 Å². The summed E-state index contributed by atoms with van der Waals surface area (Å²) in [7, 11) is 0. The van der Waals surface area contributed by atoms with Gasteiger partial charge in [0.2, 0.25) is 5.89 Å². The van der Waals surface area contributed by atoms with Gasteiger partial charge in [-0.1, -0.05) is 54.1 Å². The number of allylic oxidation sites excluding steroid dienone is 1. The van der Waals surface area contributed by atoms with Crippen LogP contribution in [0.15, 0.2) is 83.3 Å². The number of rotatable bonds is 6. The molecule has 146 valence electrons. The maximum atomic E-state index is 9.46. The normalized spacial score (nSPS) is 11.1. The van der Waals surface area contributed by atoms with Gasteiger partial charge in [-0.15, -0.1) is 10.2 Å². The predicted octanol–water partition coefficient (Wildman–Crippen LogP) is 6.03. The van der Waals surface area contributed by atoms with Crippen LogP contribution >= 0.6 is 11.6 Å². The summed E-state index contributed by atoms with van der Waals surface area (Å²) in [5.41, 5.74) is 2.96. The Morgan fingerprint density at radius 2 is 1.70 bits per heavy atom. The zero-order valence-electron chi connectivity index (χ0n) is 15.8. The molecule has 0 aliphatic carbocycles. The Morgan fingerprint density at radius 3 is 2.40 bits per heavy atom. The molecule has 0 bridgehead atoms. The van der Waals surface area contributed by atoms with Crippen molar-refractivity contribution >= 4 is 23.3 Å². The molecule has 4 aromatic rings. The van der Waals surface area contributed by atoms with Crippen molar-refractivity contribution in [2.45, 2.75) is 6.61 Å². The fourth-order valence-electron chi connectivity index (χ4n) is 2.75. The highest BCUT2D eigenvalue weighted by atomic mass is 35.5. The van der Waals surface area contributed by atoms with Gasteiger partial charge in [-0.05, 0) is 53.6 Å². The third-order valence-corrected chi connectivity index (χ3v) is 4.56. The molecule has 0 saturated carbocycles. The number of hydrogen-bond donors (Lipinski definition) is 0. The Morgan fingerprint density at radius 1 is 0.967 bits per heavy atom. The molecule has 0 fully saturated rings. The van der Waals surface area contributed by atoms with Gasteiger partial charge in [0.1, 0.15) is 24.0 Å². The first kappa shape index (κ1) is 19.4. The highest BCUT2D eigenvalue weighted by molar-refractivity contribution is 6.30. The molecule has 1 heterocycles. The highest BCUT2D eigenvalue weighted by Crippen LogP contribution is 2.23. The van der Waals surface area contributed by atoms with Gasteiger partial charge in [0.05, 0.1) is 0 Å². The van der Waals surface area contributed by atoms with E-state index >= 15 is 0 Å². The van der Waals surface area contributed by atoms with E-state index in [0.717, 1.165) is 22.4 Å². The van der Waals surface area contributed by atoms with Crippen LogP contribution in [0.3, 0.4) is 0 Å². The number of nitriles is 1. The van der Waals surface area contributed by atoms with E-state index in [1.165, 1.54) is 0 Å². The van der Waals surface area contributed by atoms with Crippen LogP contribution in [0, 0.1) is 11.3 Å². The second kappa shape index (κ2) is 9.08. The van der Waals surface area contributed by atoms with Gasteiger partial charge in [0.25, 0.3) is 5.89 Å². The minimum absolute atomic E-state index is 0.187. The van der Waals surface area contributed by atoms with Crippen molar-refractivity contribution in [3.05, 3.63) is 101 Å². The van der Waals surface area contributed by atoms with Gasteiger partial charge >= 0.3 is 0 Å². The lowest BCUT2D eigenvalue weighted by Crippen LogP contribution is -1.95. The molecule has 6 heteroatoms. The Bertz CT molecular complexity index is 1190. The number of hydrogen-bond acceptors (Lipinski definition) is 5. The molecule has 0 aliphatic rings. The fourth-order valence-corrected chi connectivity index (χ4v) is 2.87. The SMILES string of the molecule is N#CC(=Cc1ccccc1)c1nnc(-c2ccc(COc3ccc(Cl)cc3)cc2)o1. The van der Waals surface area contributed by atoms with Crippen LogP contribution in [0.4, 0.5) is 0 Å². The number of halogens is 1. The van der Waals surface area contributed by atoms with Crippen LogP contribution in [-0.2, 0) is 6.61 Å². The van der Waals surface area contributed by atoms with Crippen molar-refractivity contribution in [3.63, 3.8) is 0 Å². The van der Waals surface area contributed by atoms with E-state index in [1.54, 1.807) is 18.2 Å². The van der Waals surface area contributed by atoms with Crippen LogP contribution < -0.4 is 4.74 Å². The Balaban J connectivity index is 1.46. The molecule has 0 saturated heterocycles. The van der Waals surface area contributed by atoms with E-state index in [9.17, 15) is 5.26 Å². The number of ether oxygens (including phenoxy) is 1. The van der Waals surface area contributed by atoms with Crippen molar-refractivity contribution in [2.24, 2.45) is 0 Å². The van der Waals surface area contributed by atoms with Crippen molar-refractivity contribution < 1.29 is 9.15 Å². The number of benzene rings is 3. The van der Waals surface area contributed by atoms with Crippen molar-refractivity contribution in [1.82, 2.24) is 10.2 Å². The molecule has 4 rings (SSSR count). The lowest BCUT2D eigenvalue weighted by Gasteiger charge is -2.06. The predicted molar refractivity (Wildman–Crippen MR) is 115 cm³/mol. The summed E-state index contributed by atoms with van der Waals surface area (Å²) >= 11 is 5.88. The van der Waals surface area contributed by atoms with Crippen LogP contribution in [0.1, 0.15) is 17.0 Å². The molecule has 5 nitrogen and oxygen atoms in total. The van der Waals surface area contributed by atoms with Gasteiger partial charge in [-0.2, -0.15) is 5.26 Å². The van der Waals surface area contributed by atoms with Crippen LogP contribution in [0.25, 0.3) is 23.1 Å². The summed E-state index contributed by atoms with van der Waals surface area (Å²) in [6, 6.07) is 26.5. The average molecular weight is 414 g/mol. The third kappa shape index (κ3) is 4.75. The van der Waals surface area contributed by atoms with E-state index in [4.69, 9.17) is 20.8 Å². The summed E-state index contributed by atoms with van der Waals surface area (Å²) in [6.07, 6.45) is 1.72. The molecule has 0 unspecified atom stereocenters. The molecular weight excluding hydrogens is 398 g/mol. The lowest BCUT2D eigenvalue weighted by atomic mass is 10.1. The molecule has 0 aliphatic heterocycles. The molecule has 0 radical (unpaired) electrons. The summed E-state index contributed by atoms with van der Waals surface area (Å²) in [6.45, 7) is 0.426. The van der Waals surface area contributed by atoms with E-state index in [-0.39, 0.29) is 5.89 Å². The molecule has 30 heavy (non-hydrogen) atoms. The maximum Gasteiger partial charge on any atom is 0.258 e. The maximum absolute atomic E-state index is 9.46. The standard InChI is InChI=1S/C24H16ClN3O2/c25-21-10-12-22(13-11-21)29-16-18-6-8-19(9-7-18)23-27-28-24(30-23)20(15-26)14-17-4-2-1-3-5-17/h1-14H,16H2. The van der Waals surface area contributed by atoms with Crippen molar-refractivity contribution in [1.29, 1.82) is 5.26 Å². The molecule has 1 aromatic heterocycles. The smallest absolute Gasteiger partial charge is 0.258 e. The Kier molecular flexibility index (Phi) is 5.88. The second-order valence-corrected chi connectivity index (χ2v) is 6.87. The van der Waals surface area contributed by atoms with Crippen LogP contribution in [0.2, 0.25) is 5.02 Å². The van der Waals surface area contributed by atoms with Gasteiger partial charge in [0.15, 0.2) is 0 Å². The molecule has 0 N–H and O–H groups in total. The van der Waals surface area contributed by atoms with E-state index < -0.39 is 0 Å². The lowest BCUT2D eigenvalue weighted by molar-refractivity contribution is 0.306. The Labute approximate surface area is 178 Å². The molecule has 0 amide bonds. The first-order chi connectivity index (χ1) is 14.7. The summed E-state index contributed by atoms with van der Waals surface area (Å²) in [5.74, 6) is 1.29. The quantitative estimate of drug-likeness (QED) is 0.361. The monoisotopic (exact) mass is 413 g/mol. The topological polar surface area (TPSA) is 71.9 Å². The highest BCUT2D eigenvalue weighted by Gasteiger charge is 2.13. The first-order valence-corrected chi connectivity index (χ1v) is 9.57. The Hall–Kier alpha value is -3.88. The minimum atomic E-state index is 0.187. The van der Waals surface area contributed by atoms with Gasteiger partial charge < -0.3 is 9.15 Å². The summed E-state index contributed by atoms with van der Waals surface area (Å²) in [5, 5.41) is 18.2. The van der Waals surface area contributed by atoms with E-state index in [0.29, 0.717) is 23.1 Å². The van der Waals surface area contributed by atoms with Gasteiger partial charge in [-0.25, -0.2) is 0 Å². The van der Waals surface area contributed by atoms with Crippen molar-refractivity contribution in [2.75, 3.05) is 0 Å². The summed E-state index contributed by atoms with van der Waals surface area (Å²) < 4.78 is 11.5. The van der Waals surface area contributed by atoms with E-state index in [2.05, 4.69) is 16.3 Å². The molecular formula is C24H16ClN3O2. The molecule has 0 atom stereocenters.